The monoisotopic (exact) mass is 336 g/mol. The largest absolute Gasteiger partial charge is 0.372 e. The molecule has 5 nitrogen and oxygen atoms in total. The van der Waals surface area contributed by atoms with Crippen molar-refractivity contribution in [2.45, 2.75) is 51.5 Å². The van der Waals surface area contributed by atoms with Crippen molar-refractivity contribution < 1.29 is 18.7 Å². The third-order valence-corrected chi connectivity index (χ3v) is 4.46. The minimum absolute atomic E-state index is 0.0820. The normalized spacial score (nSPS) is 27.3. The highest BCUT2D eigenvalue weighted by molar-refractivity contribution is 5.80. The van der Waals surface area contributed by atoms with Crippen LogP contribution in [0.2, 0.25) is 0 Å². The molecule has 1 aromatic carbocycles. The molecule has 3 rings (SSSR count). The first-order valence-corrected chi connectivity index (χ1v) is 8.61. The zero-order chi connectivity index (χ0) is 17.1. The molecule has 0 spiro atoms. The van der Waals surface area contributed by atoms with E-state index in [2.05, 4.69) is 5.32 Å². The SMILES string of the molecule is C[C@@H]1CN(c2ccc(CNC(=O)[C@@H]3CCCO3)cc2F)C[C@@H](C)O1. The Hall–Kier alpha value is -1.66. The van der Waals surface area contributed by atoms with E-state index in [1.165, 1.54) is 6.07 Å². The molecule has 0 aromatic heterocycles. The quantitative estimate of drug-likeness (QED) is 0.916. The Balaban J connectivity index is 1.61. The summed E-state index contributed by atoms with van der Waals surface area (Å²) >= 11 is 0. The van der Waals surface area contributed by atoms with E-state index in [4.69, 9.17) is 9.47 Å². The first-order valence-electron chi connectivity index (χ1n) is 8.61. The van der Waals surface area contributed by atoms with Crippen LogP contribution in [0.1, 0.15) is 32.3 Å². The van der Waals surface area contributed by atoms with Crippen LogP contribution in [0.3, 0.4) is 0 Å². The number of nitrogens with one attached hydrogen (secondary N) is 1. The molecule has 2 heterocycles. The molecule has 2 fully saturated rings. The maximum atomic E-state index is 14.5. The molecule has 3 atom stereocenters. The zero-order valence-electron chi connectivity index (χ0n) is 14.3. The van der Waals surface area contributed by atoms with Gasteiger partial charge in [0.1, 0.15) is 11.9 Å². The fraction of sp³-hybridized carbons (Fsp3) is 0.611. The number of ether oxygens (including phenoxy) is 2. The van der Waals surface area contributed by atoms with E-state index >= 15 is 0 Å². The van der Waals surface area contributed by atoms with Crippen molar-refractivity contribution in [3.8, 4) is 0 Å². The number of halogens is 1. The summed E-state index contributed by atoms with van der Waals surface area (Å²) in [6.07, 6.45) is 1.48. The molecule has 0 aliphatic carbocycles. The number of benzene rings is 1. The molecule has 0 bridgehead atoms. The Morgan fingerprint density at radius 1 is 1.33 bits per heavy atom. The Labute approximate surface area is 142 Å². The number of nitrogens with zero attached hydrogens (tertiary/aromatic N) is 1. The molecule has 1 aromatic rings. The molecule has 6 heteroatoms. The van der Waals surface area contributed by atoms with E-state index in [1.807, 2.05) is 24.8 Å². The highest BCUT2D eigenvalue weighted by Gasteiger charge is 2.25. The zero-order valence-corrected chi connectivity index (χ0v) is 14.3. The van der Waals surface area contributed by atoms with Gasteiger partial charge in [-0.3, -0.25) is 4.79 Å². The minimum atomic E-state index is -0.356. The molecular formula is C18H25FN2O3. The highest BCUT2D eigenvalue weighted by atomic mass is 19.1. The van der Waals surface area contributed by atoms with Crippen molar-refractivity contribution in [2.24, 2.45) is 0 Å². The van der Waals surface area contributed by atoms with Crippen molar-refractivity contribution >= 4 is 11.6 Å². The first-order chi connectivity index (χ1) is 11.5. The standard InChI is InChI=1S/C18H25FN2O3/c1-12-10-21(11-13(2)24-12)16-6-5-14(8-15(16)19)9-20-18(22)17-4-3-7-23-17/h5-6,8,12-13,17H,3-4,7,9-11H2,1-2H3,(H,20,22)/t12-,13-,17+/m1/s1. The number of anilines is 1. The van der Waals surface area contributed by atoms with Gasteiger partial charge in [-0.2, -0.15) is 0 Å². The summed E-state index contributed by atoms with van der Waals surface area (Å²) in [6.45, 7) is 6.29. The maximum absolute atomic E-state index is 14.5. The maximum Gasteiger partial charge on any atom is 0.249 e. The number of carbonyl (C=O) groups excluding carboxylic acids is 1. The van der Waals surface area contributed by atoms with E-state index in [9.17, 15) is 9.18 Å². The van der Waals surface area contributed by atoms with Gasteiger partial charge in [0.25, 0.3) is 0 Å². The molecule has 24 heavy (non-hydrogen) atoms. The molecule has 132 valence electrons. The van der Waals surface area contributed by atoms with Crippen LogP contribution in [0.15, 0.2) is 18.2 Å². The third-order valence-electron chi connectivity index (χ3n) is 4.46. The second-order valence-corrected chi connectivity index (χ2v) is 6.67. The van der Waals surface area contributed by atoms with Crippen molar-refractivity contribution in [3.63, 3.8) is 0 Å². The first kappa shape index (κ1) is 17.2. The average Bonchev–Trinajstić information content (AvgIpc) is 3.06. The van der Waals surface area contributed by atoms with Crippen LogP contribution in [0.25, 0.3) is 0 Å². The summed E-state index contributed by atoms with van der Waals surface area (Å²) in [6, 6.07) is 5.14. The van der Waals surface area contributed by atoms with Crippen molar-refractivity contribution in [1.29, 1.82) is 0 Å². The number of carbonyl (C=O) groups is 1. The van der Waals surface area contributed by atoms with Gasteiger partial charge in [-0.05, 0) is 44.4 Å². The lowest BCUT2D eigenvalue weighted by molar-refractivity contribution is -0.130. The molecule has 1 N–H and O–H groups in total. The summed E-state index contributed by atoms with van der Waals surface area (Å²) in [5.41, 5.74) is 1.34. The van der Waals surface area contributed by atoms with E-state index < -0.39 is 0 Å². The van der Waals surface area contributed by atoms with Gasteiger partial charge in [-0.25, -0.2) is 4.39 Å². The lowest BCUT2D eigenvalue weighted by Crippen LogP contribution is -2.45. The Bertz CT molecular complexity index is 580. The predicted octanol–water partition coefficient (Wildman–Crippen LogP) is 2.23. The van der Waals surface area contributed by atoms with Crippen LogP contribution < -0.4 is 10.2 Å². The second-order valence-electron chi connectivity index (χ2n) is 6.67. The number of amides is 1. The summed E-state index contributed by atoms with van der Waals surface area (Å²) in [7, 11) is 0. The van der Waals surface area contributed by atoms with Gasteiger partial charge >= 0.3 is 0 Å². The smallest absolute Gasteiger partial charge is 0.249 e. The Morgan fingerprint density at radius 2 is 2.08 bits per heavy atom. The van der Waals surface area contributed by atoms with Crippen LogP contribution in [0, 0.1) is 5.82 Å². The van der Waals surface area contributed by atoms with Gasteiger partial charge in [0.2, 0.25) is 5.91 Å². The van der Waals surface area contributed by atoms with Crippen molar-refractivity contribution in [1.82, 2.24) is 5.32 Å². The number of hydrogen-bond donors (Lipinski definition) is 1. The second kappa shape index (κ2) is 7.49. The van der Waals surface area contributed by atoms with Crippen LogP contribution >= 0.6 is 0 Å². The predicted molar refractivity (Wildman–Crippen MR) is 89.4 cm³/mol. The van der Waals surface area contributed by atoms with Crippen LogP contribution in [0.4, 0.5) is 10.1 Å². The molecule has 0 saturated carbocycles. The number of rotatable bonds is 4. The van der Waals surface area contributed by atoms with Crippen molar-refractivity contribution in [2.75, 3.05) is 24.6 Å². The molecule has 2 aliphatic heterocycles. The van der Waals surface area contributed by atoms with Gasteiger partial charge in [-0.1, -0.05) is 6.07 Å². The highest BCUT2D eigenvalue weighted by Crippen LogP contribution is 2.24. The van der Waals surface area contributed by atoms with Crippen LogP contribution in [-0.2, 0) is 20.8 Å². The molecule has 2 aliphatic rings. The Morgan fingerprint density at radius 3 is 2.71 bits per heavy atom. The molecular weight excluding hydrogens is 311 g/mol. The molecule has 0 radical (unpaired) electrons. The van der Waals surface area contributed by atoms with E-state index in [0.717, 1.165) is 18.4 Å². The van der Waals surface area contributed by atoms with E-state index in [0.29, 0.717) is 31.9 Å². The lowest BCUT2D eigenvalue weighted by atomic mass is 10.1. The van der Waals surface area contributed by atoms with Crippen molar-refractivity contribution in [3.05, 3.63) is 29.6 Å². The fourth-order valence-corrected chi connectivity index (χ4v) is 3.38. The number of hydrogen-bond acceptors (Lipinski definition) is 4. The Kier molecular flexibility index (Phi) is 5.36. The summed E-state index contributed by atoms with van der Waals surface area (Å²) in [4.78, 5) is 14.0. The van der Waals surface area contributed by atoms with Gasteiger partial charge in [0.15, 0.2) is 0 Å². The van der Waals surface area contributed by atoms with Gasteiger partial charge in [-0.15, -0.1) is 0 Å². The molecule has 0 unspecified atom stereocenters. The van der Waals surface area contributed by atoms with Gasteiger partial charge in [0.05, 0.1) is 17.9 Å². The summed E-state index contributed by atoms with van der Waals surface area (Å²) in [5.74, 6) is -0.382. The number of morpholine rings is 1. The van der Waals surface area contributed by atoms with Gasteiger partial charge < -0.3 is 19.7 Å². The fourth-order valence-electron chi connectivity index (χ4n) is 3.38. The minimum Gasteiger partial charge on any atom is -0.372 e. The average molecular weight is 336 g/mol. The van der Waals surface area contributed by atoms with Crippen LogP contribution in [-0.4, -0.2) is 43.9 Å². The van der Waals surface area contributed by atoms with Gasteiger partial charge in [0, 0.05) is 26.2 Å². The lowest BCUT2D eigenvalue weighted by Gasteiger charge is -2.37. The topological polar surface area (TPSA) is 50.8 Å². The molecule has 2 saturated heterocycles. The third kappa shape index (κ3) is 4.05. The summed E-state index contributed by atoms with van der Waals surface area (Å²) < 4.78 is 25.5. The van der Waals surface area contributed by atoms with E-state index in [-0.39, 0.29) is 30.0 Å². The van der Waals surface area contributed by atoms with E-state index in [1.54, 1.807) is 6.07 Å². The van der Waals surface area contributed by atoms with Crippen LogP contribution in [0.5, 0.6) is 0 Å². The molecule has 1 amide bonds. The summed E-state index contributed by atoms with van der Waals surface area (Å²) in [5, 5.41) is 2.82.